The summed E-state index contributed by atoms with van der Waals surface area (Å²) in [7, 11) is 3.77. The molecule has 210 valence electrons. The van der Waals surface area contributed by atoms with E-state index in [1.807, 2.05) is 0 Å². The predicted octanol–water partition coefficient (Wildman–Crippen LogP) is 5.05. The number of amides is 1. The molecule has 1 fully saturated rings. The SMILES string of the molecule is CC[C@@H](C)N(C)C(C)C.COCCCOc1cc(C=O)ccc1-c1cc(C(=O)N2CCC(O)C2)ccc1F. The van der Waals surface area contributed by atoms with Crippen LogP contribution < -0.4 is 4.74 Å². The number of hydrogen-bond acceptors (Lipinski definition) is 6. The van der Waals surface area contributed by atoms with E-state index >= 15 is 0 Å². The standard InChI is InChI=1S/C22H24FNO5.C8H19N/c1-28-9-2-10-29-21-11-15(14-25)3-5-18(21)19-12-16(4-6-20(19)23)22(27)24-8-7-17(26)13-24;1-6-8(4)9(5)7(2)3/h3-6,11-12,14,17,26H,2,7-10,13H2,1H3;7-8H,6H2,1-5H3/t;8-/m.1/s1. The first-order valence-electron chi connectivity index (χ1n) is 13.3. The van der Waals surface area contributed by atoms with Crippen LogP contribution in [-0.4, -0.2) is 85.7 Å². The highest BCUT2D eigenvalue weighted by molar-refractivity contribution is 5.96. The third-order valence-electron chi connectivity index (χ3n) is 6.95. The van der Waals surface area contributed by atoms with Crippen molar-refractivity contribution in [2.45, 2.75) is 65.1 Å². The van der Waals surface area contributed by atoms with Gasteiger partial charge in [0.15, 0.2) is 0 Å². The summed E-state index contributed by atoms with van der Waals surface area (Å²) in [5.41, 5.74) is 1.42. The van der Waals surface area contributed by atoms with Gasteiger partial charge in [0.2, 0.25) is 0 Å². The Hall–Kier alpha value is -2.81. The Morgan fingerprint density at radius 1 is 1.18 bits per heavy atom. The maximum atomic E-state index is 14.7. The largest absolute Gasteiger partial charge is 0.493 e. The van der Waals surface area contributed by atoms with Crippen LogP contribution in [0.5, 0.6) is 5.75 Å². The van der Waals surface area contributed by atoms with Crippen molar-refractivity contribution in [1.29, 1.82) is 0 Å². The molecular weight excluding hydrogens is 487 g/mol. The minimum Gasteiger partial charge on any atom is -0.493 e. The molecule has 2 atom stereocenters. The van der Waals surface area contributed by atoms with Crippen molar-refractivity contribution in [1.82, 2.24) is 9.80 Å². The molecule has 3 rings (SSSR count). The van der Waals surface area contributed by atoms with E-state index in [1.165, 1.54) is 24.6 Å². The number of aliphatic hydroxyl groups excluding tert-OH is 1. The first-order chi connectivity index (χ1) is 18.1. The Kier molecular flexibility index (Phi) is 12.9. The molecule has 1 saturated heterocycles. The van der Waals surface area contributed by atoms with E-state index in [1.54, 1.807) is 30.2 Å². The van der Waals surface area contributed by atoms with Crippen LogP contribution in [0.4, 0.5) is 4.39 Å². The minimum absolute atomic E-state index is 0.217. The van der Waals surface area contributed by atoms with Gasteiger partial charge in [-0.3, -0.25) is 9.59 Å². The summed E-state index contributed by atoms with van der Waals surface area (Å²) in [6.45, 7) is 10.5. The van der Waals surface area contributed by atoms with Crippen LogP contribution in [0.2, 0.25) is 0 Å². The van der Waals surface area contributed by atoms with E-state index < -0.39 is 11.9 Å². The summed E-state index contributed by atoms with van der Waals surface area (Å²) in [5, 5.41) is 9.67. The lowest BCUT2D eigenvalue weighted by molar-refractivity contribution is 0.0765. The number of likely N-dealkylation sites (tertiary alicyclic amines) is 1. The van der Waals surface area contributed by atoms with Crippen LogP contribution in [0.25, 0.3) is 11.1 Å². The molecule has 0 radical (unpaired) electrons. The summed E-state index contributed by atoms with van der Waals surface area (Å²) >= 11 is 0. The number of carbonyl (C=O) groups excluding carboxylic acids is 2. The highest BCUT2D eigenvalue weighted by Crippen LogP contribution is 2.34. The van der Waals surface area contributed by atoms with Crippen molar-refractivity contribution in [2.24, 2.45) is 0 Å². The average molecular weight is 531 g/mol. The van der Waals surface area contributed by atoms with E-state index in [0.29, 0.717) is 67.4 Å². The Morgan fingerprint density at radius 2 is 1.92 bits per heavy atom. The molecule has 1 aliphatic rings. The fourth-order valence-corrected chi connectivity index (χ4v) is 4.11. The second-order valence-electron chi connectivity index (χ2n) is 9.97. The molecule has 1 N–H and O–H groups in total. The summed E-state index contributed by atoms with van der Waals surface area (Å²) < 4.78 is 25.4. The second-order valence-corrected chi connectivity index (χ2v) is 9.97. The number of methoxy groups -OCH3 is 1. The maximum absolute atomic E-state index is 14.7. The van der Waals surface area contributed by atoms with Crippen molar-refractivity contribution in [3.05, 3.63) is 53.3 Å². The third-order valence-corrected chi connectivity index (χ3v) is 6.95. The summed E-state index contributed by atoms with van der Waals surface area (Å²) in [6.07, 6.45) is 2.59. The lowest BCUT2D eigenvalue weighted by Crippen LogP contribution is -2.34. The monoisotopic (exact) mass is 530 g/mol. The molecule has 0 aromatic heterocycles. The van der Waals surface area contributed by atoms with Crippen LogP contribution in [-0.2, 0) is 4.74 Å². The number of halogens is 1. The summed E-state index contributed by atoms with van der Waals surface area (Å²) in [5.74, 6) is -0.385. The third kappa shape index (κ3) is 8.89. The minimum atomic E-state index is -0.526. The van der Waals surface area contributed by atoms with Crippen LogP contribution in [0.1, 0.15) is 67.7 Å². The highest BCUT2D eigenvalue weighted by Gasteiger charge is 2.26. The Morgan fingerprint density at radius 3 is 2.47 bits per heavy atom. The molecular formula is C30H43FN2O5. The van der Waals surface area contributed by atoms with Gasteiger partial charge in [0.1, 0.15) is 17.9 Å². The number of nitrogens with zero attached hydrogens (tertiary/aromatic N) is 2. The molecule has 1 amide bonds. The number of hydrogen-bond donors (Lipinski definition) is 1. The molecule has 38 heavy (non-hydrogen) atoms. The van der Waals surface area contributed by atoms with Gasteiger partial charge in [-0.15, -0.1) is 0 Å². The molecule has 0 spiro atoms. The Bertz CT molecular complexity index is 1050. The van der Waals surface area contributed by atoms with E-state index in [0.717, 1.165) is 6.04 Å². The van der Waals surface area contributed by atoms with Gasteiger partial charge in [-0.25, -0.2) is 4.39 Å². The first-order valence-corrected chi connectivity index (χ1v) is 13.3. The van der Waals surface area contributed by atoms with E-state index in [9.17, 15) is 19.1 Å². The molecule has 1 unspecified atom stereocenters. The molecule has 2 aromatic carbocycles. The molecule has 2 aromatic rings. The number of aldehydes is 1. The fraction of sp³-hybridized carbons (Fsp3) is 0.533. The van der Waals surface area contributed by atoms with E-state index in [-0.39, 0.29) is 18.0 Å². The number of rotatable bonds is 11. The Labute approximate surface area is 226 Å². The van der Waals surface area contributed by atoms with Gasteiger partial charge in [0, 0.05) is 67.6 Å². The van der Waals surface area contributed by atoms with Gasteiger partial charge >= 0.3 is 0 Å². The van der Waals surface area contributed by atoms with E-state index in [2.05, 4.69) is 39.6 Å². The van der Waals surface area contributed by atoms with Crippen LogP contribution in [0, 0.1) is 5.82 Å². The van der Waals surface area contributed by atoms with E-state index in [4.69, 9.17) is 9.47 Å². The topological polar surface area (TPSA) is 79.3 Å². The molecule has 0 aliphatic carbocycles. The number of benzene rings is 2. The van der Waals surface area contributed by atoms with Gasteiger partial charge in [0.05, 0.1) is 12.7 Å². The van der Waals surface area contributed by atoms with Crippen LogP contribution in [0.15, 0.2) is 36.4 Å². The summed E-state index contributed by atoms with van der Waals surface area (Å²) in [6, 6.07) is 10.3. The first kappa shape index (κ1) is 31.4. The molecule has 7 nitrogen and oxygen atoms in total. The lowest BCUT2D eigenvalue weighted by atomic mass is 9.99. The fourth-order valence-electron chi connectivity index (χ4n) is 4.11. The van der Waals surface area contributed by atoms with Crippen molar-refractivity contribution < 1.29 is 28.6 Å². The van der Waals surface area contributed by atoms with Gasteiger partial charge in [0.25, 0.3) is 5.91 Å². The number of ether oxygens (including phenoxy) is 2. The van der Waals surface area contributed by atoms with Gasteiger partial charge in [-0.1, -0.05) is 13.0 Å². The van der Waals surface area contributed by atoms with Gasteiger partial charge in [-0.2, -0.15) is 0 Å². The molecule has 1 heterocycles. The number of aliphatic hydroxyl groups is 1. The number of β-amino-alcohol motifs (C(OH)–C–C–N with tert-alkyl or cyclic N) is 1. The maximum Gasteiger partial charge on any atom is 0.253 e. The van der Waals surface area contributed by atoms with Gasteiger partial charge in [-0.05, 0) is 71.0 Å². The van der Waals surface area contributed by atoms with Gasteiger partial charge < -0.3 is 24.4 Å². The smallest absolute Gasteiger partial charge is 0.253 e. The van der Waals surface area contributed by atoms with Crippen molar-refractivity contribution in [2.75, 3.05) is 40.5 Å². The van der Waals surface area contributed by atoms with Crippen LogP contribution in [0.3, 0.4) is 0 Å². The molecule has 0 bridgehead atoms. The predicted molar refractivity (Wildman–Crippen MR) is 148 cm³/mol. The lowest BCUT2D eigenvalue weighted by Gasteiger charge is -2.27. The van der Waals surface area contributed by atoms with Crippen molar-refractivity contribution in [3.8, 4) is 16.9 Å². The normalized spacial score (nSPS) is 15.8. The van der Waals surface area contributed by atoms with Crippen LogP contribution >= 0.6 is 0 Å². The highest BCUT2D eigenvalue weighted by atomic mass is 19.1. The van der Waals surface area contributed by atoms with Crippen molar-refractivity contribution in [3.63, 3.8) is 0 Å². The zero-order valence-corrected chi connectivity index (χ0v) is 23.6. The van der Waals surface area contributed by atoms with Crippen molar-refractivity contribution >= 4 is 12.2 Å². The Balaban J connectivity index is 0.000000484. The molecule has 8 heteroatoms. The molecule has 1 aliphatic heterocycles. The number of carbonyl (C=O) groups is 2. The zero-order chi connectivity index (χ0) is 28.2. The molecule has 0 saturated carbocycles. The average Bonchev–Trinajstić information content (AvgIpc) is 3.36. The quantitative estimate of drug-likeness (QED) is 0.324. The zero-order valence-electron chi connectivity index (χ0n) is 23.6. The second kappa shape index (κ2) is 15.6. The summed E-state index contributed by atoms with van der Waals surface area (Å²) in [4.78, 5) is 27.8.